The lowest BCUT2D eigenvalue weighted by Gasteiger charge is -2.34. The van der Waals surface area contributed by atoms with E-state index in [0.29, 0.717) is 25.1 Å². The number of aromatic amines is 1. The average Bonchev–Trinajstić information content (AvgIpc) is 2.87. The van der Waals surface area contributed by atoms with Gasteiger partial charge in [0.2, 0.25) is 5.91 Å². The Kier molecular flexibility index (Phi) is 4.35. The minimum absolute atomic E-state index is 0.00326. The van der Waals surface area contributed by atoms with Crippen LogP contribution in [0.25, 0.3) is 11.0 Å². The summed E-state index contributed by atoms with van der Waals surface area (Å²) in [5.41, 5.74) is 1.18. The van der Waals surface area contributed by atoms with Gasteiger partial charge in [-0.2, -0.15) is 0 Å². The Balaban J connectivity index is 1.53. The largest absolute Gasteiger partial charge is 0.376 e. The van der Waals surface area contributed by atoms with E-state index in [1.54, 1.807) is 6.07 Å². The van der Waals surface area contributed by atoms with E-state index in [-0.39, 0.29) is 23.2 Å². The standard InChI is InChI=1S/C17H22FN3O2/c1-17(2)10-11(6-8-23-17)16(22)19-7-5-15-20-13-4-3-12(18)9-14(13)21-15/h3-4,9,11H,5-8,10H2,1-2H3,(H,19,22)(H,20,21). The first kappa shape index (κ1) is 15.9. The number of nitrogens with zero attached hydrogens (tertiary/aromatic N) is 1. The zero-order valence-corrected chi connectivity index (χ0v) is 13.5. The second-order valence-corrected chi connectivity index (χ2v) is 6.68. The molecule has 5 nitrogen and oxygen atoms in total. The van der Waals surface area contributed by atoms with Crippen LogP contribution in [0, 0.1) is 11.7 Å². The van der Waals surface area contributed by atoms with Gasteiger partial charge >= 0.3 is 0 Å². The minimum atomic E-state index is -0.289. The van der Waals surface area contributed by atoms with Crippen molar-refractivity contribution < 1.29 is 13.9 Å². The lowest BCUT2D eigenvalue weighted by molar-refractivity contribution is -0.135. The van der Waals surface area contributed by atoms with Crippen LogP contribution in [0.2, 0.25) is 0 Å². The molecule has 1 saturated heterocycles. The van der Waals surface area contributed by atoms with E-state index in [1.807, 2.05) is 13.8 Å². The Hall–Kier alpha value is -1.95. The van der Waals surface area contributed by atoms with Gasteiger partial charge in [-0.05, 0) is 44.9 Å². The van der Waals surface area contributed by atoms with Gasteiger partial charge in [0.05, 0.1) is 16.6 Å². The fourth-order valence-corrected chi connectivity index (χ4v) is 3.06. The molecule has 1 aliphatic rings. The first-order chi connectivity index (χ1) is 10.9. The van der Waals surface area contributed by atoms with Crippen molar-refractivity contribution in [3.05, 3.63) is 29.8 Å². The lowest BCUT2D eigenvalue weighted by Crippen LogP contribution is -2.41. The van der Waals surface area contributed by atoms with Crippen LogP contribution in [-0.2, 0) is 16.0 Å². The Morgan fingerprint density at radius 3 is 3.13 bits per heavy atom. The topological polar surface area (TPSA) is 67.0 Å². The Morgan fingerprint density at radius 1 is 1.52 bits per heavy atom. The molecule has 3 rings (SSSR count). The molecule has 1 aromatic heterocycles. The summed E-state index contributed by atoms with van der Waals surface area (Å²) in [4.78, 5) is 19.7. The molecule has 1 atom stereocenters. The predicted molar refractivity (Wildman–Crippen MR) is 85.5 cm³/mol. The maximum absolute atomic E-state index is 13.2. The Morgan fingerprint density at radius 2 is 2.35 bits per heavy atom. The van der Waals surface area contributed by atoms with Crippen molar-refractivity contribution in [1.82, 2.24) is 15.3 Å². The van der Waals surface area contributed by atoms with Crippen molar-refractivity contribution in [2.45, 2.75) is 38.7 Å². The molecule has 1 aliphatic heterocycles. The molecule has 0 saturated carbocycles. The van der Waals surface area contributed by atoms with Crippen LogP contribution < -0.4 is 5.32 Å². The third-order valence-electron chi connectivity index (χ3n) is 4.22. The zero-order valence-electron chi connectivity index (χ0n) is 13.5. The van der Waals surface area contributed by atoms with Crippen LogP contribution in [-0.4, -0.2) is 34.6 Å². The molecular formula is C17H22FN3O2. The molecule has 2 heterocycles. The van der Waals surface area contributed by atoms with Gasteiger partial charge in [-0.1, -0.05) is 0 Å². The highest BCUT2D eigenvalue weighted by atomic mass is 19.1. The number of rotatable bonds is 4. The third kappa shape index (κ3) is 3.88. The minimum Gasteiger partial charge on any atom is -0.376 e. The fraction of sp³-hybridized carbons (Fsp3) is 0.529. The van der Waals surface area contributed by atoms with Crippen molar-refractivity contribution >= 4 is 16.9 Å². The SMILES string of the molecule is CC1(C)CC(C(=O)NCCc2nc3ccc(F)cc3[nH]2)CCO1. The van der Waals surface area contributed by atoms with Crippen LogP contribution in [0.5, 0.6) is 0 Å². The van der Waals surface area contributed by atoms with Crippen LogP contribution in [0.4, 0.5) is 4.39 Å². The molecule has 2 aromatic rings. The van der Waals surface area contributed by atoms with Gasteiger partial charge in [0.1, 0.15) is 11.6 Å². The number of carbonyl (C=O) groups is 1. The Labute approximate surface area is 134 Å². The van der Waals surface area contributed by atoms with Crippen molar-refractivity contribution in [1.29, 1.82) is 0 Å². The highest BCUT2D eigenvalue weighted by Crippen LogP contribution is 2.28. The molecule has 124 valence electrons. The van der Waals surface area contributed by atoms with Crippen molar-refractivity contribution in [3.8, 4) is 0 Å². The summed E-state index contributed by atoms with van der Waals surface area (Å²) in [6.07, 6.45) is 2.09. The molecule has 1 amide bonds. The molecule has 0 spiro atoms. The number of fused-ring (bicyclic) bond motifs is 1. The summed E-state index contributed by atoms with van der Waals surface area (Å²) >= 11 is 0. The van der Waals surface area contributed by atoms with Crippen LogP contribution in [0.15, 0.2) is 18.2 Å². The molecule has 2 N–H and O–H groups in total. The summed E-state index contributed by atoms with van der Waals surface area (Å²) in [6.45, 7) is 5.17. The summed E-state index contributed by atoms with van der Waals surface area (Å²) in [5.74, 6) is 0.536. The van der Waals surface area contributed by atoms with E-state index in [1.165, 1.54) is 12.1 Å². The second kappa shape index (κ2) is 6.28. The monoisotopic (exact) mass is 319 g/mol. The molecule has 6 heteroatoms. The molecule has 1 aromatic carbocycles. The van der Waals surface area contributed by atoms with Gasteiger partial charge in [0.15, 0.2) is 0 Å². The average molecular weight is 319 g/mol. The van der Waals surface area contributed by atoms with E-state index in [0.717, 1.165) is 24.2 Å². The van der Waals surface area contributed by atoms with Gasteiger partial charge in [-0.3, -0.25) is 4.79 Å². The normalized spacial score (nSPS) is 20.6. The number of nitrogens with one attached hydrogen (secondary N) is 2. The van der Waals surface area contributed by atoms with Gasteiger partial charge < -0.3 is 15.0 Å². The highest BCUT2D eigenvalue weighted by molar-refractivity contribution is 5.79. The van der Waals surface area contributed by atoms with E-state index in [4.69, 9.17) is 4.74 Å². The summed E-state index contributed by atoms with van der Waals surface area (Å²) in [5, 5.41) is 2.97. The number of ether oxygens (including phenoxy) is 1. The van der Waals surface area contributed by atoms with Crippen LogP contribution in [0.3, 0.4) is 0 Å². The quantitative estimate of drug-likeness (QED) is 0.910. The Bertz CT molecular complexity index is 711. The first-order valence-corrected chi connectivity index (χ1v) is 7.99. The maximum Gasteiger partial charge on any atom is 0.223 e. The molecule has 1 unspecified atom stereocenters. The van der Waals surface area contributed by atoms with Crippen molar-refractivity contribution in [3.63, 3.8) is 0 Å². The number of halogens is 1. The van der Waals surface area contributed by atoms with Gasteiger partial charge in [0.25, 0.3) is 0 Å². The molecule has 23 heavy (non-hydrogen) atoms. The maximum atomic E-state index is 13.2. The second-order valence-electron chi connectivity index (χ2n) is 6.68. The molecular weight excluding hydrogens is 297 g/mol. The van der Waals surface area contributed by atoms with Gasteiger partial charge in [-0.15, -0.1) is 0 Å². The van der Waals surface area contributed by atoms with Gasteiger partial charge in [0, 0.05) is 25.5 Å². The number of H-pyrrole nitrogens is 1. The smallest absolute Gasteiger partial charge is 0.223 e. The molecule has 0 aliphatic carbocycles. The zero-order chi connectivity index (χ0) is 16.4. The van der Waals surface area contributed by atoms with E-state index in [9.17, 15) is 9.18 Å². The number of imidazole rings is 1. The highest BCUT2D eigenvalue weighted by Gasteiger charge is 2.32. The van der Waals surface area contributed by atoms with Gasteiger partial charge in [-0.25, -0.2) is 9.37 Å². The summed E-state index contributed by atoms with van der Waals surface area (Å²) in [7, 11) is 0. The number of hydrogen-bond acceptors (Lipinski definition) is 3. The lowest BCUT2D eigenvalue weighted by atomic mass is 9.88. The number of carbonyl (C=O) groups excluding carboxylic acids is 1. The van der Waals surface area contributed by atoms with E-state index in [2.05, 4.69) is 15.3 Å². The summed E-state index contributed by atoms with van der Waals surface area (Å²) < 4.78 is 18.8. The molecule has 0 bridgehead atoms. The third-order valence-corrected chi connectivity index (χ3v) is 4.22. The predicted octanol–water partition coefficient (Wildman–Crippen LogP) is 2.57. The van der Waals surface area contributed by atoms with Crippen molar-refractivity contribution in [2.75, 3.05) is 13.2 Å². The van der Waals surface area contributed by atoms with E-state index >= 15 is 0 Å². The van der Waals surface area contributed by atoms with E-state index < -0.39 is 0 Å². The summed E-state index contributed by atoms with van der Waals surface area (Å²) in [6, 6.07) is 4.46. The first-order valence-electron chi connectivity index (χ1n) is 7.99. The number of amides is 1. The molecule has 0 radical (unpaired) electrons. The van der Waals surface area contributed by atoms with Crippen LogP contribution >= 0.6 is 0 Å². The van der Waals surface area contributed by atoms with Crippen LogP contribution in [0.1, 0.15) is 32.5 Å². The molecule has 1 fully saturated rings. The number of aromatic nitrogens is 2. The number of hydrogen-bond donors (Lipinski definition) is 2. The number of benzene rings is 1. The van der Waals surface area contributed by atoms with Crippen molar-refractivity contribution in [2.24, 2.45) is 5.92 Å². The fourth-order valence-electron chi connectivity index (χ4n) is 3.06.